The largest absolute Gasteiger partial charge is 0.383 e. The smallest absolute Gasteiger partial charge is 0.129 e. The van der Waals surface area contributed by atoms with Gasteiger partial charge in [-0.05, 0) is 30.5 Å². The summed E-state index contributed by atoms with van der Waals surface area (Å²) in [5.41, 5.74) is 8.97. The quantitative estimate of drug-likeness (QED) is 0.907. The third-order valence-electron chi connectivity index (χ3n) is 4.48. The summed E-state index contributed by atoms with van der Waals surface area (Å²) >= 11 is 0. The number of nitrogens with two attached hydrogens (primary N) is 1. The average molecular weight is 273 g/mol. The number of aryl methyl sites for hydroxylation is 1. The number of nitrogens with zero attached hydrogens (tertiary/aromatic N) is 2. The lowest BCUT2D eigenvalue weighted by Gasteiger charge is -2.22. The summed E-state index contributed by atoms with van der Waals surface area (Å²) in [4.78, 5) is 0. The summed E-state index contributed by atoms with van der Waals surface area (Å²) < 4.78 is 15.2. The lowest BCUT2D eigenvalue weighted by molar-refractivity contribution is 0.469. The van der Waals surface area contributed by atoms with Crippen molar-refractivity contribution in [1.82, 2.24) is 9.78 Å². The Labute approximate surface area is 118 Å². The van der Waals surface area contributed by atoms with Crippen molar-refractivity contribution in [2.24, 2.45) is 7.05 Å². The molecule has 1 fully saturated rings. The molecule has 1 aliphatic rings. The molecule has 4 heteroatoms. The van der Waals surface area contributed by atoms with E-state index in [0.717, 1.165) is 29.7 Å². The SMILES string of the molecule is Cn1nc(C2(C)CCCC2)c(-c2cccc(F)c2)c1N. The van der Waals surface area contributed by atoms with Crippen LogP contribution in [0.15, 0.2) is 24.3 Å². The summed E-state index contributed by atoms with van der Waals surface area (Å²) in [5.74, 6) is 0.368. The zero-order chi connectivity index (χ0) is 14.3. The van der Waals surface area contributed by atoms with Crippen LogP contribution in [-0.2, 0) is 12.5 Å². The Hall–Kier alpha value is -1.84. The van der Waals surface area contributed by atoms with Crippen LogP contribution in [0, 0.1) is 5.82 Å². The lowest BCUT2D eigenvalue weighted by Crippen LogP contribution is -2.19. The van der Waals surface area contributed by atoms with Crippen molar-refractivity contribution in [3.05, 3.63) is 35.8 Å². The van der Waals surface area contributed by atoms with Gasteiger partial charge in [0.25, 0.3) is 0 Å². The van der Waals surface area contributed by atoms with Gasteiger partial charge in [0, 0.05) is 18.0 Å². The summed E-state index contributed by atoms with van der Waals surface area (Å²) in [6, 6.07) is 6.61. The van der Waals surface area contributed by atoms with Crippen molar-refractivity contribution in [1.29, 1.82) is 0 Å². The highest BCUT2D eigenvalue weighted by Gasteiger charge is 2.36. The van der Waals surface area contributed by atoms with E-state index in [4.69, 9.17) is 5.73 Å². The van der Waals surface area contributed by atoms with Crippen LogP contribution < -0.4 is 5.73 Å². The van der Waals surface area contributed by atoms with E-state index < -0.39 is 0 Å². The van der Waals surface area contributed by atoms with Crippen LogP contribution in [0.25, 0.3) is 11.1 Å². The number of anilines is 1. The zero-order valence-electron chi connectivity index (χ0n) is 12.0. The molecule has 1 saturated carbocycles. The second-order valence-corrected chi connectivity index (χ2v) is 6.01. The van der Waals surface area contributed by atoms with Gasteiger partial charge in [-0.25, -0.2) is 4.39 Å². The van der Waals surface area contributed by atoms with Gasteiger partial charge in [-0.2, -0.15) is 5.10 Å². The predicted octanol–water partition coefficient (Wildman–Crippen LogP) is 3.64. The van der Waals surface area contributed by atoms with Gasteiger partial charge >= 0.3 is 0 Å². The second kappa shape index (κ2) is 4.62. The maximum atomic E-state index is 13.5. The van der Waals surface area contributed by atoms with E-state index in [1.165, 1.54) is 25.0 Å². The molecule has 0 bridgehead atoms. The first-order valence-corrected chi connectivity index (χ1v) is 7.10. The number of benzene rings is 1. The zero-order valence-corrected chi connectivity index (χ0v) is 12.0. The first-order chi connectivity index (χ1) is 9.51. The lowest BCUT2D eigenvalue weighted by atomic mass is 9.81. The van der Waals surface area contributed by atoms with Crippen molar-refractivity contribution < 1.29 is 4.39 Å². The maximum Gasteiger partial charge on any atom is 0.129 e. The summed E-state index contributed by atoms with van der Waals surface area (Å²) in [7, 11) is 1.85. The molecule has 1 aromatic heterocycles. The topological polar surface area (TPSA) is 43.8 Å². The van der Waals surface area contributed by atoms with E-state index in [1.807, 2.05) is 13.1 Å². The molecule has 0 spiro atoms. The van der Waals surface area contributed by atoms with Crippen LogP contribution >= 0.6 is 0 Å². The molecule has 20 heavy (non-hydrogen) atoms. The van der Waals surface area contributed by atoms with Crippen LogP contribution in [-0.4, -0.2) is 9.78 Å². The fourth-order valence-electron chi connectivity index (χ4n) is 3.28. The van der Waals surface area contributed by atoms with E-state index in [-0.39, 0.29) is 11.2 Å². The highest BCUT2D eigenvalue weighted by Crippen LogP contribution is 2.45. The minimum atomic E-state index is -0.242. The molecule has 1 aliphatic carbocycles. The highest BCUT2D eigenvalue weighted by molar-refractivity contribution is 5.77. The molecule has 2 aromatic rings. The van der Waals surface area contributed by atoms with Gasteiger partial charge in [0.2, 0.25) is 0 Å². The normalized spacial score (nSPS) is 17.6. The van der Waals surface area contributed by atoms with Gasteiger partial charge in [0.1, 0.15) is 11.6 Å². The number of halogens is 1. The average Bonchev–Trinajstić information content (AvgIpc) is 2.97. The number of rotatable bonds is 2. The molecule has 2 N–H and O–H groups in total. The third kappa shape index (κ3) is 1.99. The van der Waals surface area contributed by atoms with Gasteiger partial charge in [0.15, 0.2) is 0 Å². The molecule has 3 nitrogen and oxygen atoms in total. The van der Waals surface area contributed by atoms with E-state index in [9.17, 15) is 4.39 Å². The van der Waals surface area contributed by atoms with Gasteiger partial charge in [0.05, 0.1) is 5.69 Å². The van der Waals surface area contributed by atoms with E-state index in [2.05, 4.69) is 12.0 Å². The highest BCUT2D eigenvalue weighted by atomic mass is 19.1. The van der Waals surface area contributed by atoms with Gasteiger partial charge in [-0.1, -0.05) is 31.9 Å². The van der Waals surface area contributed by atoms with Crippen molar-refractivity contribution in [2.75, 3.05) is 5.73 Å². The van der Waals surface area contributed by atoms with Crippen LogP contribution in [0.2, 0.25) is 0 Å². The summed E-state index contributed by atoms with van der Waals surface area (Å²) in [6.07, 6.45) is 4.67. The van der Waals surface area contributed by atoms with Crippen molar-refractivity contribution in [2.45, 2.75) is 38.0 Å². The molecular formula is C16H20FN3. The molecule has 1 heterocycles. The van der Waals surface area contributed by atoms with Gasteiger partial charge in [-0.3, -0.25) is 4.68 Å². The summed E-state index contributed by atoms with van der Waals surface area (Å²) in [6.45, 7) is 2.24. The van der Waals surface area contributed by atoms with Gasteiger partial charge in [-0.15, -0.1) is 0 Å². The second-order valence-electron chi connectivity index (χ2n) is 6.01. The first-order valence-electron chi connectivity index (χ1n) is 7.10. The summed E-state index contributed by atoms with van der Waals surface area (Å²) in [5, 5.41) is 4.64. The van der Waals surface area contributed by atoms with Crippen LogP contribution in [0.5, 0.6) is 0 Å². The number of nitrogen functional groups attached to an aromatic ring is 1. The molecule has 3 rings (SSSR count). The van der Waals surface area contributed by atoms with E-state index >= 15 is 0 Å². The predicted molar refractivity (Wildman–Crippen MR) is 78.8 cm³/mol. The minimum Gasteiger partial charge on any atom is -0.383 e. The third-order valence-corrected chi connectivity index (χ3v) is 4.48. The van der Waals surface area contributed by atoms with Crippen LogP contribution in [0.4, 0.5) is 10.2 Å². The fraction of sp³-hybridized carbons (Fsp3) is 0.438. The maximum absolute atomic E-state index is 13.5. The van der Waals surface area contributed by atoms with Crippen molar-refractivity contribution in [3.8, 4) is 11.1 Å². The Morgan fingerprint density at radius 1 is 1.30 bits per heavy atom. The standard InChI is InChI=1S/C16H20FN3/c1-16(8-3-4-9-16)14-13(15(18)20(2)19-14)11-6-5-7-12(17)10-11/h5-7,10H,3-4,8-9,18H2,1-2H3. The molecule has 0 unspecified atom stereocenters. The first kappa shape index (κ1) is 13.2. The molecule has 0 aliphatic heterocycles. The molecule has 1 aromatic carbocycles. The molecule has 0 radical (unpaired) electrons. The van der Waals surface area contributed by atoms with Crippen molar-refractivity contribution >= 4 is 5.82 Å². The van der Waals surface area contributed by atoms with E-state index in [1.54, 1.807) is 10.7 Å². The van der Waals surface area contributed by atoms with Crippen molar-refractivity contribution in [3.63, 3.8) is 0 Å². The number of hydrogen-bond donors (Lipinski definition) is 1. The van der Waals surface area contributed by atoms with Crippen LogP contribution in [0.3, 0.4) is 0 Å². The Morgan fingerprint density at radius 3 is 2.65 bits per heavy atom. The number of aromatic nitrogens is 2. The Balaban J connectivity index is 2.19. The number of hydrogen-bond acceptors (Lipinski definition) is 2. The Morgan fingerprint density at radius 2 is 2.00 bits per heavy atom. The molecule has 0 amide bonds. The minimum absolute atomic E-state index is 0.0526. The fourth-order valence-corrected chi connectivity index (χ4v) is 3.28. The monoisotopic (exact) mass is 273 g/mol. The van der Waals surface area contributed by atoms with Crippen LogP contribution in [0.1, 0.15) is 38.3 Å². The van der Waals surface area contributed by atoms with E-state index in [0.29, 0.717) is 5.82 Å². The van der Waals surface area contributed by atoms with Gasteiger partial charge < -0.3 is 5.73 Å². The molecular weight excluding hydrogens is 253 g/mol. The molecule has 0 atom stereocenters. The molecule has 106 valence electrons. The Bertz CT molecular complexity index is 639. The Kier molecular flexibility index (Phi) is 3.04. The molecule has 0 saturated heterocycles.